The van der Waals surface area contributed by atoms with Crippen molar-refractivity contribution in [3.8, 4) is 0 Å². The van der Waals surface area contributed by atoms with Crippen LogP contribution in [-0.4, -0.2) is 19.1 Å². The van der Waals surface area contributed by atoms with Crippen LogP contribution in [0, 0.1) is 0 Å². The Morgan fingerprint density at radius 2 is 2.00 bits per heavy atom. The van der Waals surface area contributed by atoms with Gasteiger partial charge >= 0.3 is 5.97 Å². The van der Waals surface area contributed by atoms with Gasteiger partial charge in [-0.15, -0.1) is 0 Å². The molecule has 3 heteroatoms. The number of benzene rings is 1. The molecule has 1 rings (SSSR count). The van der Waals surface area contributed by atoms with Crippen molar-refractivity contribution in [1.29, 1.82) is 0 Å². The molecular formula is C13H19NO2. The monoisotopic (exact) mass is 221 g/mol. The van der Waals surface area contributed by atoms with Gasteiger partial charge in [-0.05, 0) is 18.9 Å². The fourth-order valence-electron chi connectivity index (χ4n) is 1.63. The third-order valence-electron chi connectivity index (χ3n) is 2.64. The van der Waals surface area contributed by atoms with Crippen LogP contribution < -0.4 is 5.32 Å². The van der Waals surface area contributed by atoms with Crippen LogP contribution in [-0.2, 0) is 9.53 Å². The minimum Gasteiger partial charge on any atom is -0.468 e. The Kier molecular flexibility index (Phi) is 4.99. The van der Waals surface area contributed by atoms with E-state index in [2.05, 4.69) is 5.32 Å². The smallest absolute Gasteiger partial charge is 0.322 e. The fraction of sp³-hybridized carbons (Fsp3) is 0.462. The standard InChI is InChI=1S/C13H19NO2/c1-4-12(13(15)16-3)14-10(2)11-8-6-5-7-9-11/h5-10,12,14H,4H2,1-3H3/t10-,12-/m0/s1. The minimum absolute atomic E-state index is 0.144. The van der Waals surface area contributed by atoms with Gasteiger partial charge in [-0.1, -0.05) is 37.3 Å². The highest BCUT2D eigenvalue weighted by Crippen LogP contribution is 2.13. The maximum atomic E-state index is 11.4. The Hall–Kier alpha value is -1.35. The highest BCUT2D eigenvalue weighted by molar-refractivity contribution is 5.75. The maximum absolute atomic E-state index is 11.4. The molecular weight excluding hydrogens is 202 g/mol. The topological polar surface area (TPSA) is 38.3 Å². The van der Waals surface area contributed by atoms with Gasteiger partial charge in [0.15, 0.2) is 0 Å². The molecule has 0 amide bonds. The second-order valence-corrected chi connectivity index (χ2v) is 3.78. The van der Waals surface area contributed by atoms with E-state index in [9.17, 15) is 4.79 Å². The fourth-order valence-corrected chi connectivity index (χ4v) is 1.63. The molecule has 0 fully saturated rings. The lowest BCUT2D eigenvalue weighted by Crippen LogP contribution is -2.38. The predicted molar refractivity (Wildman–Crippen MR) is 64.1 cm³/mol. The average molecular weight is 221 g/mol. The van der Waals surface area contributed by atoms with Crippen molar-refractivity contribution >= 4 is 5.97 Å². The van der Waals surface area contributed by atoms with Crippen LogP contribution in [0.1, 0.15) is 31.9 Å². The van der Waals surface area contributed by atoms with E-state index in [0.717, 1.165) is 6.42 Å². The zero-order valence-electron chi connectivity index (χ0n) is 10.1. The van der Waals surface area contributed by atoms with Gasteiger partial charge in [0.05, 0.1) is 7.11 Å². The van der Waals surface area contributed by atoms with E-state index in [1.165, 1.54) is 12.7 Å². The Balaban J connectivity index is 2.62. The Morgan fingerprint density at radius 1 is 1.38 bits per heavy atom. The normalized spacial score (nSPS) is 14.2. The molecule has 0 spiro atoms. The van der Waals surface area contributed by atoms with Crippen molar-refractivity contribution in [3.63, 3.8) is 0 Å². The highest BCUT2D eigenvalue weighted by atomic mass is 16.5. The summed E-state index contributed by atoms with van der Waals surface area (Å²) in [4.78, 5) is 11.4. The summed E-state index contributed by atoms with van der Waals surface area (Å²) in [5, 5.41) is 3.26. The average Bonchev–Trinajstić information content (AvgIpc) is 2.35. The summed E-state index contributed by atoms with van der Waals surface area (Å²) < 4.78 is 4.74. The summed E-state index contributed by atoms with van der Waals surface area (Å²) >= 11 is 0. The van der Waals surface area contributed by atoms with E-state index in [1.54, 1.807) is 0 Å². The van der Waals surface area contributed by atoms with Gasteiger partial charge in [0, 0.05) is 6.04 Å². The zero-order chi connectivity index (χ0) is 12.0. The van der Waals surface area contributed by atoms with E-state index < -0.39 is 0 Å². The van der Waals surface area contributed by atoms with Gasteiger partial charge in [-0.25, -0.2) is 0 Å². The SMILES string of the molecule is CC[C@H](N[C@@H](C)c1ccccc1)C(=O)OC. The molecule has 0 radical (unpaired) electrons. The first-order valence-corrected chi connectivity index (χ1v) is 5.57. The van der Waals surface area contributed by atoms with Gasteiger partial charge in [0.1, 0.15) is 6.04 Å². The van der Waals surface area contributed by atoms with Crippen LogP contribution in [0.15, 0.2) is 30.3 Å². The summed E-state index contributed by atoms with van der Waals surface area (Å²) in [7, 11) is 1.42. The largest absolute Gasteiger partial charge is 0.468 e. The first-order valence-electron chi connectivity index (χ1n) is 5.57. The van der Waals surface area contributed by atoms with Crippen molar-refractivity contribution in [3.05, 3.63) is 35.9 Å². The number of esters is 1. The molecule has 88 valence electrons. The number of rotatable bonds is 5. The number of methoxy groups -OCH3 is 1. The molecule has 0 aliphatic carbocycles. The summed E-state index contributed by atoms with van der Waals surface area (Å²) in [6.45, 7) is 4.01. The second kappa shape index (κ2) is 6.28. The number of hydrogen-bond donors (Lipinski definition) is 1. The molecule has 0 heterocycles. The van der Waals surface area contributed by atoms with Gasteiger partial charge in [-0.2, -0.15) is 0 Å². The first-order chi connectivity index (χ1) is 7.69. The molecule has 0 aliphatic rings. The van der Waals surface area contributed by atoms with Gasteiger partial charge < -0.3 is 4.74 Å². The Morgan fingerprint density at radius 3 is 2.50 bits per heavy atom. The number of carbonyl (C=O) groups is 1. The molecule has 1 aromatic carbocycles. The molecule has 3 nitrogen and oxygen atoms in total. The summed E-state index contributed by atoms with van der Waals surface area (Å²) in [5.74, 6) is -0.203. The number of ether oxygens (including phenoxy) is 1. The number of carbonyl (C=O) groups excluding carboxylic acids is 1. The molecule has 0 saturated carbocycles. The number of hydrogen-bond acceptors (Lipinski definition) is 3. The first kappa shape index (κ1) is 12.7. The van der Waals surface area contributed by atoms with Crippen molar-refractivity contribution in [2.45, 2.75) is 32.4 Å². The van der Waals surface area contributed by atoms with E-state index in [-0.39, 0.29) is 18.1 Å². The highest BCUT2D eigenvalue weighted by Gasteiger charge is 2.19. The molecule has 0 bridgehead atoms. The molecule has 2 atom stereocenters. The molecule has 16 heavy (non-hydrogen) atoms. The van der Waals surface area contributed by atoms with Crippen LogP contribution in [0.25, 0.3) is 0 Å². The van der Waals surface area contributed by atoms with E-state index in [1.807, 2.05) is 44.2 Å². The maximum Gasteiger partial charge on any atom is 0.322 e. The minimum atomic E-state index is -0.236. The molecule has 0 aromatic heterocycles. The third kappa shape index (κ3) is 3.35. The summed E-state index contributed by atoms with van der Waals surface area (Å²) in [6.07, 6.45) is 0.726. The van der Waals surface area contributed by atoms with Crippen molar-refractivity contribution in [2.24, 2.45) is 0 Å². The molecule has 1 N–H and O–H groups in total. The van der Waals surface area contributed by atoms with Crippen molar-refractivity contribution in [2.75, 3.05) is 7.11 Å². The Labute approximate surface area is 96.8 Å². The van der Waals surface area contributed by atoms with Crippen LogP contribution in [0.4, 0.5) is 0 Å². The zero-order valence-corrected chi connectivity index (χ0v) is 10.1. The van der Waals surface area contributed by atoms with Crippen LogP contribution in [0.3, 0.4) is 0 Å². The lowest BCUT2D eigenvalue weighted by atomic mass is 10.1. The van der Waals surface area contributed by atoms with Crippen molar-refractivity contribution < 1.29 is 9.53 Å². The van der Waals surface area contributed by atoms with Crippen molar-refractivity contribution in [1.82, 2.24) is 5.32 Å². The predicted octanol–water partition coefficient (Wildman–Crippen LogP) is 2.29. The van der Waals surface area contributed by atoms with E-state index in [0.29, 0.717) is 0 Å². The molecule has 0 unspecified atom stereocenters. The third-order valence-corrected chi connectivity index (χ3v) is 2.64. The van der Waals surface area contributed by atoms with Crippen LogP contribution in [0.5, 0.6) is 0 Å². The second-order valence-electron chi connectivity index (χ2n) is 3.78. The quantitative estimate of drug-likeness (QED) is 0.775. The number of nitrogens with one attached hydrogen (secondary N) is 1. The van der Waals surface area contributed by atoms with E-state index in [4.69, 9.17) is 4.74 Å². The van der Waals surface area contributed by atoms with E-state index >= 15 is 0 Å². The lowest BCUT2D eigenvalue weighted by molar-refractivity contribution is -0.143. The van der Waals surface area contributed by atoms with Crippen LogP contribution >= 0.6 is 0 Å². The molecule has 1 aromatic rings. The van der Waals surface area contributed by atoms with Gasteiger partial charge in [0.2, 0.25) is 0 Å². The van der Waals surface area contributed by atoms with Crippen LogP contribution in [0.2, 0.25) is 0 Å². The lowest BCUT2D eigenvalue weighted by Gasteiger charge is -2.20. The van der Waals surface area contributed by atoms with Gasteiger partial charge in [-0.3, -0.25) is 10.1 Å². The summed E-state index contributed by atoms with van der Waals surface area (Å²) in [6, 6.07) is 9.96. The Bertz CT molecular complexity index is 324. The van der Waals surface area contributed by atoms with Gasteiger partial charge in [0.25, 0.3) is 0 Å². The molecule has 0 saturated heterocycles. The summed E-state index contributed by atoms with van der Waals surface area (Å²) in [5.41, 5.74) is 1.17. The molecule has 0 aliphatic heterocycles.